The quantitative estimate of drug-likeness (QED) is 0.676. The van der Waals surface area contributed by atoms with E-state index in [0.717, 1.165) is 24.5 Å². The number of sulfonamides is 1. The molecule has 1 aliphatic heterocycles. The Balaban J connectivity index is 2.06. The van der Waals surface area contributed by atoms with Crippen molar-refractivity contribution in [3.63, 3.8) is 0 Å². The Morgan fingerprint density at radius 3 is 2.50 bits per heavy atom. The maximum absolute atomic E-state index is 11.5. The third-order valence-electron chi connectivity index (χ3n) is 4.22. The number of primary sulfonamides is 1. The van der Waals surface area contributed by atoms with Gasteiger partial charge in [0, 0.05) is 12.6 Å². The van der Waals surface area contributed by atoms with Crippen LogP contribution in [0.3, 0.4) is 0 Å². The molecule has 2 N–H and O–H groups in total. The summed E-state index contributed by atoms with van der Waals surface area (Å²) in [5.41, 5.74) is 1.25. The van der Waals surface area contributed by atoms with Gasteiger partial charge in [0.1, 0.15) is 5.69 Å². The first-order valence-electron chi connectivity index (χ1n) is 7.51. The van der Waals surface area contributed by atoms with Gasteiger partial charge in [-0.25, -0.2) is 13.6 Å². The number of rotatable bonds is 4. The molecular weight excluding hydrogens is 330 g/mol. The van der Waals surface area contributed by atoms with Crippen LogP contribution in [0, 0.1) is 10.1 Å². The monoisotopic (exact) mass is 347 g/mol. The predicted octanol–water partition coefficient (Wildman–Crippen LogP) is 2.58. The first kappa shape index (κ1) is 16.4. The van der Waals surface area contributed by atoms with Gasteiger partial charge in [-0.05, 0) is 30.5 Å². The van der Waals surface area contributed by atoms with Crippen LogP contribution in [0.25, 0.3) is 0 Å². The fourth-order valence-electron chi connectivity index (χ4n) is 3.15. The van der Waals surface area contributed by atoms with Crippen molar-refractivity contribution in [3.8, 4) is 0 Å². The van der Waals surface area contributed by atoms with Gasteiger partial charge >= 0.3 is 0 Å². The van der Waals surface area contributed by atoms with E-state index in [-0.39, 0.29) is 16.6 Å². The summed E-state index contributed by atoms with van der Waals surface area (Å²) >= 11 is 0. The Morgan fingerprint density at radius 2 is 1.88 bits per heavy atom. The summed E-state index contributed by atoms with van der Waals surface area (Å²) in [6, 6.07) is 13.6. The third kappa shape index (κ3) is 3.10. The average molecular weight is 347 g/mol. The number of nitro groups is 1. The second kappa shape index (κ2) is 6.21. The van der Waals surface area contributed by atoms with E-state index in [1.165, 1.54) is 12.1 Å². The minimum atomic E-state index is -3.99. The number of nitrogens with zero attached hydrogens (tertiary/aromatic N) is 2. The van der Waals surface area contributed by atoms with Crippen LogP contribution in [0.15, 0.2) is 53.4 Å². The third-order valence-corrected chi connectivity index (χ3v) is 5.13. The Morgan fingerprint density at radius 1 is 1.17 bits per heavy atom. The van der Waals surface area contributed by atoms with Crippen molar-refractivity contribution >= 4 is 21.4 Å². The second-order valence-electron chi connectivity index (χ2n) is 5.71. The van der Waals surface area contributed by atoms with E-state index < -0.39 is 14.9 Å². The highest BCUT2D eigenvalue weighted by Gasteiger charge is 2.31. The lowest BCUT2D eigenvalue weighted by atomic mass is 10.0. The molecule has 2 aromatic rings. The zero-order chi connectivity index (χ0) is 17.3. The first-order chi connectivity index (χ1) is 11.4. The van der Waals surface area contributed by atoms with E-state index in [9.17, 15) is 18.5 Å². The summed E-state index contributed by atoms with van der Waals surface area (Å²) in [6.07, 6.45) is 1.80. The van der Waals surface area contributed by atoms with Gasteiger partial charge in [0.25, 0.3) is 5.69 Å². The molecule has 0 aliphatic carbocycles. The number of benzene rings is 2. The summed E-state index contributed by atoms with van der Waals surface area (Å²) in [5.74, 6) is 0. The predicted molar refractivity (Wildman–Crippen MR) is 90.2 cm³/mol. The zero-order valence-electron chi connectivity index (χ0n) is 12.8. The lowest BCUT2D eigenvalue weighted by Crippen LogP contribution is -2.23. The van der Waals surface area contributed by atoms with Crippen molar-refractivity contribution < 1.29 is 13.3 Å². The number of anilines is 1. The smallest absolute Gasteiger partial charge is 0.293 e. The number of hydrogen-bond acceptors (Lipinski definition) is 5. The highest BCUT2D eigenvalue weighted by atomic mass is 32.2. The maximum atomic E-state index is 11.5. The fraction of sp³-hybridized carbons (Fsp3) is 0.250. The van der Waals surface area contributed by atoms with Gasteiger partial charge in [0.15, 0.2) is 0 Å². The van der Waals surface area contributed by atoms with Crippen molar-refractivity contribution in [1.82, 2.24) is 0 Å². The lowest BCUT2D eigenvalue weighted by Gasteiger charge is -2.27. The summed E-state index contributed by atoms with van der Waals surface area (Å²) in [6.45, 7) is 0.676. The average Bonchev–Trinajstić information content (AvgIpc) is 3.03. The molecule has 0 radical (unpaired) electrons. The largest absolute Gasteiger partial charge is 0.359 e. The van der Waals surface area contributed by atoms with Gasteiger partial charge in [-0.3, -0.25) is 10.1 Å². The molecule has 1 atom stereocenters. The highest BCUT2D eigenvalue weighted by Crippen LogP contribution is 2.40. The summed E-state index contributed by atoms with van der Waals surface area (Å²) in [4.78, 5) is 12.6. The molecule has 1 fully saturated rings. The number of nitrogens with two attached hydrogens (primary N) is 1. The van der Waals surface area contributed by atoms with Crippen molar-refractivity contribution in [2.24, 2.45) is 5.14 Å². The SMILES string of the molecule is NS(=O)(=O)c1ccc(N2CCC[C@@H]2c2ccccc2)c([N+](=O)[O-])c1. The molecule has 0 amide bonds. The molecule has 1 heterocycles. The van der Waals surface area contributed by atoms with Crippen LogP contribution < -0.4 is 10.0 Å². The highest BCUT2D eigenvalue weighted by molar-refractivity contribution is 7.89. The summed E-state index contributed by atoms with van der Waals surface area (Å²) in [5, 5.41) is 16.5. The molecule has 0 aromatic heterocycles. The van der Waals surface area contributed by atoms with E-state index in [2.05, 4.69) is 0 Å². The minimum absolute atomic E-state index is 0.0326. The Bertz CT molecular complexity index is 868. The molecule has 24 heavy (non-hydrogen) atoms. The van der Waals surface area contributed by atoms with Crippen molar-refractivity contribution in [1.29, 1.82) is 0 Å². The first-order valence-corrected chi connectivity index (χ1v) is 9.05. The van der Waals surface area contributed by atoms with E-state index in [0.29, 0.717) is 12.2 Å². The normalized spacial score (nSPS) is 17.9. The molecule has 1 aliphatic rings. The van der Waals surface area contributed by atoms with Crippen LogP contribution in [0.2, 0.25) is 0 Å². The molecule has 0 spiro atoms. The Labute approximate surface area is 139 Å². The molecule has 1 saturated heterocycles. The molecule has 8 heteroatoms. The molecule has 7 nitrogen and oxygen atoms in total. The Kier molecular flexibility index (Phi) is 4.25. The molecule has 3 rings (SSSR count). The molecule has 2 aromatic carbocycles. The second-order valence-corrected chi connectivity index (χ2v) is 7.28. The van der Waals surface area contributed by atoms with Gasteiger partial charge in [-0.15, -0.1) is 0 Å². The molecule has 0 saturated carbocycles. The van der Waals surface area contributed by atoms with Gasteiger partial charge in [0.2, 0.25) is 10.0 Å². The van der Waals surface area contributed by atoms with Gasteiger partial charge < -0.3 is 4.90 Å². The van der Waals surface area contributed by atoms with Crippen LogP contribution in [0.4, 0.5) is 11.4 Å². The van der Waals surface area contributed by atoms with Crippen LogP contribution in [-0.2, 0) is 10.0 Å². The van der Waals surface area contributed by atoms with Gasteiger partial charge in [-0.1, -0.05) is 30.3 Å². The topological polar surface area (TPSA) is 107 Å². The molecule has 0 unspecified atom stereocenters. The van der Waals surface area contributed by atoms with Crippen molar-refractivity contribution in [2.45, 2.75) is 23.8 Å². The van der Waals surface area contributed by atoms with Crippen molar-refractivity contribution in [2.75, 3.05) is 11.4 Å². The summed E-state index contributed by atoms with van der Waals surface area (Å²) in [7, 11) is -3.99. The van der Waals surface area contributed by atoms with Crippen LogP contribution in [0.5, 0.6) is 0 Å². The molecule has 126 valence electrons. The molecular formula is C16H17N3O4S. The van der Waals surface area contributed by atoms with E-state index in [4.69, 9.17) is 5.14 Å². The van der Waals surface area contributed by atoms with Crippen LogP contribution >= 0.6 is 0 Å². The van der Waals surface area contributed by atoms with Crippen molar-refractivity contribution in [3.05, 3.63) is 64.2 Å². The minimum Gasteiger partial charge on any atom is -0.359 e. The standard InChI is InChI=1S/C16H17N3O4S/c17-24(22,23)13-8-9-15(16(11-13)19(20)21)18-10-4-7-14(18)12-5-2-1-3-6-12/h1-3,5-6,8-9,11,14H,4,7,10H2,(H2,17,22,23)/t14-/m1/s1. The summed E-state index contributed by atoms with van der Waals surface area (Å²) < 4.78 is 22.9. The fourth-order valence-corrected chi connectivity index (χ4v) is 3.68. The van der Waals surface area contributed by atoms with Crippen LogP contribution in [0.1, 0.15) is 24.4 Å². The lowest BCUT2D eigenvalue weighted by molar-refractivity contribution is -0.384. The maximum Gasteiger partial charge on any atom is 0.293 e. The number of nitro benzene ring substituents is 1. The van der Waals surface area contributed by atoms with E-state index >= 15 is 0 Å². The van der Waals surface area contributed by atoms with Crippen LogP contribution in [-0.4, -0.2) is 19.9 Å². The van der Waals surface area contributed by atoms with Gasteiger partial charge in [0.05, 0.1) is 15.9 Å². The van der Waals surface area contributed by atoms with Gasteiger partial charge in [-0.2, -0.15) is 0 Å². The number of hydrogen-bond donors (Lipinski definition) is 1. The zero-order valence-corrected chi connectivity index (χ0v) is 13.6. The Hall–Kier alpha value is -2.45. The van der Waals surface area contributed by atoms with E-state index in [1.54, 1.807) is 0 Å². The molecule has 0 bridgehead atoms. The van der Waals surface area contributed by atoms with E-state index in [1.807, 2.05) is 35.2 Å².